The number of benzene rings is 1. The van der Waals surface area contributed by atoms with Crippen LogP contribution >= 0.6 is 11.6 Å². The van der Waals surface area contributed by atoms with Gasteiger partial charge in [0.05, 0.1) is 11.6 Å². The Morgan fingerprint density at radius 3 is 2.66 bits per heavy atom. The Kier molecular flexibility index (Phi) is 5.21. The number of nitrogens with zero attached hydrogens (tertiary/aromatic N) is 4. The van der Waals surface area contributed by atoms with E-state index in [1.807, 2.05) is 30.5 Å². The van der Waals surface area contributed by atoms with E-state index < -0.39 is 0 Å². The molecule has 0 atom stereocenters. The van der Waals surface area contributed by atoms with Crippen molar-refractivity contribution in [2.75, 3.05) is 31.1 Å². The van der Waals surface area contributed by atoms with E-state index in [-0.39, 0.29) is 0 Å². The van der Waals surface area contributed by atoms with Crippen molar-refractivity contribution in [1.82, 2.24) is 9.88 Å². The number of halogens is 1. The molecule has 4 rings (SSSR count). The third kappa shape index (κ3) is 3.81. The van der Waals surface area contributed by atoms with Crippen LogP contribution in [0.3, 0.4) is 0 Å². The van der Waals surface area contributed by atoms with Crippen LogP contribution in [0.5, 0.6) is 0 Å². The summed E-state index contributed by atoms with van der Waals surface area (Å²) < 4.78 is 6.10. The Labute approximate surface area is 175 Å². The third-order valence-corrected chi connectivity index (χ3v) is 5.57. The maximum Gasteiger partial charge on any atom is 0.161 e. The fourth-order valence-electron chi connectivity index (χ4n) is 3.69. The molecular weight excluding hydrogens is 384 g/mol. The molecule has 5 nitrogen and oxygen atoms in total. The second-order valence-corrected chi connectivity index (χ2v) is 8.04. The zero-order chi connectivity index (χ0) is 20.5. The summed E-state index contributed by atoms with van der Waals surface area (Å²) in [4.78, 5) is 8.98. The number of rotatable bonds is 4. The molecule has 0 bridgehead atoms. The van der Waals surface area contributed by atoms with Crippen LogP contribution in [-0.4, -0.2) is 36.1 Å². The number of fused-ring (bicyclic) bond motifs is 1. The summed E-state index contributed by atoms with van der Waals surface area (Å²) >= 11 is 6.17. The number of hydrogen-bond donors (Lipinski definition) is 0. The van der Waals surface area contributed by atoms with E-state index in [4.69, 9.17) is 16.0 Å². The van der Waals surface area contributed by atoms with E-state index in [0.29, 0.717) is 16.5 Å². The first kappa shape index (κ1) is 19.4. The van der Waals surface area contributed by atoms with Crippen LogP contribution in [0.15, 0.2) is 47.5 Å². The van der Waals surface area contributed by atoms with Crippen molar-refractivity contribution in [3.8, 4) is 6.07 Å². The second kappa shape index (κ2) is 7.81. The third-order valence-electron chi connectivity index (χ3n) is 5.35. The summed E-state index contributed by atoms with van der Waals surface area (Å²) in [5, 5.41) is 9.77. The molecule has 6 heteroatoms. The van der Waals surface area contributed by atoms with Crippen LogP contribution in [0.1, 0.15) is 36.7 Å². The van der Waals surface area contributed by atoms with Crippen molar-refractivity contribution in [3.63, 3.8) is 0 Å². The number of furan rings is 1. The van der Waals surface area contributed by atoms with E-state index in [1.54, 1.807) is 6.07 Å². The summed E-state index contributed by atoms with van der Waals surface area (Å²) in [7, 11) is 0. The molecule has 0 saturated carbocycles. The van der Waals surface area contributed by atoms with Crippen LogP contribution < -0.4 is 4.90 Å². The normalized spacial score (nSPS) is 14.4. The Bertz CT molecular complexity index is 1100. The molecule has 0 aliphatic carbocycles. The Morgan fingerprint density at radius 2 is 1.97 bits per heavy atom. The van der Waals surface area contributed by atoms with Crippen molar-refractivity contribution in [1.29, 1.82) is 5.26 Å². The average molecular weight is 407 g/mol. The first-order chi connectivity index (χ1) is 14.0. The van der Waals surface area contributed by atoms with Crippen molar-refractivity contribution < 1.29 is 4.42 Å². The van der Waals surface area contributed by atoms with E-state index in [2.05, 4.69) is 41.3 Å². The fraction of sp³-hybridized carbons (Fsp3) is 0.304. The molecule has 0 N–H and O–H groups in total. The van der Waals surface area contributed by atoms with Gasteiger partial charge in [-0.15, -0.1) is 0 Å². The molecule has 1 aromatic carbocycles. The Hall–Kier alpha value is -2.97. The predicted octanol–water partition coefficient (Wildman–Crippen LogP) is 5.27. The highest BCUT2D eigenvalue weighted by Gasteiger charge is 2.22. The van der Waals surface area contributed by atoms with Crippen molar-refractivity contribution in [2.24, 2.45) is 0 Å². The van der Waals surface area contributed by atoms with E-state index in [9.17, 15) is 5.26 Å². The second-order valence-electron chi connectivity index (χ2n) is 7.61. The highest BCUT2D eigenvalue weighted by atomic mass is 35.5. The predicted molar refractivity (Wildman–Crippen MR) is 117 cm³/mol. The molecule has 29 heavy (non-hydrogen) atoms. The smallest absolute Gasteiger partial charge is 0.161 e. The Morgan fingerprint density at radius 1 is 1.21 bits per heavy atom. The summed E-state index contributed by atoms with van der Waals surface area (Å²) in [5.74, 6) is 1.25. The number of hydrogen-bond acceptors (Lipinski definition) is 5. The van der Waals surface area contributed by atoms with Gasteiger partial charge in [-0.2, -0.15) is 5.26 Å². The van der Waals surface area contributed by atoms with E-state index >= 15 is 0 Å². The number of nitriles is 1. The summed E-state index contributed by atoms with van der Waals surface area (Å²) in [6.07, 6.45) is 1.81. The monoisotopic (exact) mass is 406 g/mol. The van der Waals surface area contributed by atoms with Gasteiger partial charge in [-0.1, -0.05) is 32.0 Å². The van der Waals surface area contributed by atoms with Gasteiger partial charge in [0.2, 0.25) is 0 Å². The lowest BCUT2D eigenvalue weighted by Gasteiger charge is -2.38. The van der Waals surface area contributed by atoms with Crippen LogP contribution in [-0.2, 0) is 0 Å². The molecule has 0 spiro atoms. The molecular formula is C23H23ClN4O. The quantitative estimate of drug-likeness (QED) is 0.590. The van der Waals surface area contributed by atoms with Crippen LogP contribution in [0.25, 0.3) is 16.8 Å². The number of pyridine rings is 1. The number of anilines is 1. The van der Waals surface area contributed by atoms with Gasteiger partial charge in [0, 0.05) is 66.3 Å². The molecule has 0 radical (unpaired) electrons. The molecule has 148 valence electrons. The molecule has 1 aliphatic rings. The van der Waals surface area contributed by atoms with Crippen molar-refractivity contribution >= 4 is 34.1 Å². The topological polar surface area (TPSA) is 56.3 Å². The first-order valence-electron chi connectivity index (χ1n) is 9.74. The first-order valence-corrected chi connectivity index (χ1v) is 10.1. The number of aromatic nitrogens is 1. The zero-order valence-corrected chi connectivity index (χ0v) is 17.4. The summed E-state index contributed by atoms with van der Waals surface area (Å²) in [6, 6.07) is 11.6. The molecule has 3 heterocycles. The van der Waals surface area contributed by atoms with Gasteiger partial charge in [0.25, 0.3) is 0 Å². The highest BCUT2D eigenvalue weighted by molar-refractivity contribution is 6.31. The average Bonchev–Trinajstić information content (AvgIpc) is 3.18. The summed E-state index contributed by atoms with van der Waals surface area (Å²) in [5.41, 5.74) is 5.18. The van der Waals surface area contributed by atoms with Crippen molar-refractivity contribution in [2.45, 2.75) is 19.8 Å². The van der Waals surface area contributed by atoms with Crippen molar-refractivity contribution in [3.05, 3.63) is 65.0 Å². The van der Waals surface area contributed by atoms with Gasteiger partial charge in [0.1, 0.15) is 11.3 Å². The highest BCUT2D eigenvalue weighted by Crippen LogP contribution is 2.31. The standard InChI is InChI=1S/C23H23ClN4O/c1-15(2)22-13-21-23(29-22)20(4-5-26-21)16(3)27-6-8-28(9-7-27)19-11-17(14-25)10-18(24)12-19/h4-5,10-13,15H,3,6-9H2,1-2H3. The van der Waals surface area contributed by atoms with Gasteiger partial charge < -0.3 is 14.2 Å². The minimum Gasteiger partial charge on any atom is -0.458 e. The largest absolute Gasteiger partial charge is 0.458 e. The SMILES string of the molecule is C=C(c1ccnc2cc(C(C)C)oc12)N1CCN(c2cc(Cl)cc(C#N)c2)CC1. The van der Waals surface area contributed by atoms with Gasteiger partial charge in [-0.3, -0.25) is 4.98 Å². The molecule has 2 aromatic heterocycles. The lowest BCUT2D eigenvalue weighted by Crippen LogP contribution is -2.45. The van der Waals surface area contributed by atoms with Gasteiger partial charge >= 0.3 is 0 Å². The molecule has 0 unspecified atom stereocenters. The van der Waals surface area contributed by atoms with Gasteiger partial charge in [-0.05, 0) is 24.3 Å². The maximum atomic E-state index is 9.19. The lowest BCUT2D eigenvalue weighted by atomic mass is 10.1. The maximum absolute atomic E-state index is 9.19. The molecule has 1 saturated heterocycles. The minimum atomic E-state index is 0.310. The van der Waals surface area contributed by atoms with Crippen LogP contribution in [0.2, 0.25) is 5.02 Å². The van der Waals surface area contributed by atoms with E-state index in [1.165, 1.54) is 0 Å². The molecule has 1 fully saturated rings. The van der Waals surface area contributed by atoms with Gasteiger partial charge in [-0.25, -0.2) is 0 Å². The van der Waals surface area contributed by atoms with Gasteiger partial charge in [0.15, 0.2) is 5.58 Å². The molecule has 0 amide bonds. The minimum absolute atomic E-state index is 0.310. The van der Waals surface area contributed by atoms with E-state index in [0.717, 1.165) is 60.0 Å². The van der Waals surface area contributed by atoms with Crippen LogP contribution in [0, 0.1) is 11.3 Å². The zero-order valence-electron chi connectivity index (χ0n) is 16.7. The number of piperazine rings is 1. The molecule has 3 aromatic rings. The Balaban J connectivity index is 1.52. The van der Waals surface area contributed by atoms with Crippen LogP contribution in [0.4, 0.5) is 5.69 Å². The fourth-order valence-corrected chi connectivity index (χ4v) is 3.92. The summed E-state index contributed by atoms with van der Waals surface area (Å²) in [6.45, 7) is 11.9. The lowest BCUT2D eigenvalue weighted by molar-refractivity contribution is 0.368. The molecule has 1 aliphatic heterocycles.